The molecule has 1 N–H and O–H groups in total. The third-order valence-electron chi connectivity index (χ3n) is 3.55. The zero-order chi connectivity index (χ0) is 12.8. The first-order chi connectivity index (χ1) is 8.81. The van der Waals surface area contributed by atoms with Gasteiger partial charge in [-0.3, -0.25) is 4.79 Å². The van der Waals surface area contributed by atoms with Crippen LogP contribution in [-0.4, -0.2) is 37.0 Å². The molecule has 1 fully saturated rings. The van der Waals surface area contributed by atoms with Gasteiger partial charge in [0.1, 0.15) is 5.76 Å². The molecule has 0 spiro atoms. The number of nitrogens with zero attached hydrogens (tertiary/aromatic N) is 1. The summed E-state index contributed by atoms with van der Waals surface area (Å²) in [4.78, 5) is 14.3. The third-order valence-corrected chi connectivity index (χ3v) is 3.55. The molecule has 2 heterocycles. The van der Waals surface area contributed by atoms with E-state index in [0.29, 0.717) is 18.9 Å². The smallest absolute Gasteiger partial charge is 0.223 e. The summed E-state index contributed by atoms with van der Waals surface area (Å²) in [7, 11) is 1.94. The number of hydrogen-bond donors (Lipinski definition) is 1. The Morgan fingerprint density at radius 3 is 3.17 bits per heavy atom. The number of hydrogen-bond acceptors (Lipinski definition) is 3. The Morgan fingerprint density at radius 2 is 2.44 bits per heavy atom. The molecule has 1 aromatic heterocycles. The van der Waals surface area contributed by atoms with Crippen LogP contribution in [0.3, 0.4) is 0 Å². The van der Waals surface area contributed by atoms with E-state index in [4.69, 9.17) is 4.42 Å². The van der Waals surface area contributed by atoms with Crippen molar-refractivity contribution in [2.24, 2.45) is 0 Å². The fourth-order valence-electron chi connectivity index (χ4n) is 2.61. The van der Waals surface area contributed by atoms with Crippen LogP contribution in [0.1, 0.15) is 31.4 Å². The largest absolute Gasteiger partial charge is 0.469 e. The molecule has 2 rings (SSSR count). The molecule has 0 saturated carbocycles. The average Bonchev–Trinajstić information content (AvgIpc) is 2.90. The Hall–Kier alpha value is -1.29. The molecule has 4 nitrogen and oxygen atoms in total. The highest BCUT2D eigenvalue weighted by atomic mass is 16.3. The summed E-state index contributed by atoms with van der Waals surface area (Å²) in [5.41, 5.74) is 0. The van der Waals surface area contributed by atoms with Crippen LogP contribution in [0.5, 0.6) is 0 Å². The SMILES string of the molecule is CNCC1CCCCN1C(=O)CCc1ccco1. The van der Waals surface area contributed by atoms with E-state index in [1.54, 1.807) is 6.26 Å². The van der Waals surface area contributed by atoms with Gasteiger partial charge in [-0.15, -0.1) is 0 Å². The van der Waals surface area contributed by atoms with Gasteiger partial charge >= 0.3 is 0 Å². The van der Waals surface area contributed by atoms with E-state index in [-0.39, 0.29) is 5.91 Å². The van der Waals surface area contributed by atoms with Crippen LogP contribution in [-0.2, 0) is 11.2 Å². The second kappa shape index (κ2) is 6.59. The van der Waals surface area contributed by atoms with Crippen molar-refractivity contribution in [1.29, 1.82) is 0 Å². The lowest BCUT2D eigenvalue weighted by Crippen LogP contribution is -2.48. The average molecular weight is 250 g/mol. The van der Waals surface area contributed by atoms with Crippen molar-refractivity contribution in [3.8, 4) is 0 Å². The molecule has 1 aromatic rings. The van der Waals surface area contributed by atoms with E-state index in [0.717, 1.165) is 31.7 Å². The normalized spacial score (nSPS) is 20.1. The molecule has 1 aliphatic rings. The molecule has 1 atom stereocenters. The van der Waals surface area contributed by atoms with Crippen LogP contribution in [0.4, 0.5) is 0 Å². The highest BCUT2D eigenvalue weighted by Gasteiger charge is 2.25. The summed E-state index contributed by atoms with van der Waals surface area (Å²) in [5.74, 6) is 1.15. The number of furan rings is 1. The third kappa shape index (κ3) is 3.35. The van der Waals surface area contributed by atoms with Crippen molar-refractivity contribution < 1.29 is 9.21 Å². The van der Waals surface area contributed by atoms with E-state index in [1.165, 1.54) is 6.42 Å². The molecule has 100 valence electrons. The molecule has 0 radical (unpaired) electrons. The zero-order valence-corrected chi connectivity index (χ0v) is 11.0. The first-order valence-electron chi connectivity index (χ1n) is 6.77. The topological polar surface area (TPSA) is 45.5 Å². The fraction of sp³-hybridized carbons (Fsp3) is 0.643. The van der Waals surface area contributed by atoms with Crippen molar-refractivity contribution in [2.45, 2.75) is 38.1 Å². The molecule has 0 bridgehead atoms. The van der Waals surface area contributed by atoms with Crippen molar-refractivity contribution in [2.75, 3.05) is 20.1 Å². The van der Waals surface area contributed by atoms with Crippen LogP contribution in [0, 0.1) is 0 Å². The molecule has 1 saturated heterocycles. The Kier molecular flexibility index (Phi) is 4.81. The van der Waals surface area contributed by atoms with Crippen molar-refractivity contribution in [1.82, 2.24) is 10.2 Å². The zero-order valence-electron chi connectivity index (χ0n) is 11.0. The Bertz CT molecular complexity index is 360. The van der Waals surface area contributed by atoms with Crippen LogP contribution in [0.2, 0.25) is 0 Å². The first-order valence-corrected chi connectivity index (χ1v) is 6.77. The monoisotopic (exact) mass is 250 g/mol. The van der Waals surface area contributed by atoms with Crippen LogP contribution in [0.15, 0.2) is 22.8 Å². The number of likely N-dealkylation sites (tertiary alicyclic amines) is 1. The molecular weight excluding hydrogens is 228 g/mol. The molecule has 18 heavy (non-hydrogen) atoms. The number of nitrogens with one attached hydrogen (secondary N) is 1. The number of likely N-dealkylation sites (N-methyl/N-ethyl adjacent to an activating group) is 1. The van der Waals surface area contributed by atoms with Gasteiger partial charge in [0, 0.05) is 32.0 Å². The second-order valence-electron chi connectivity index (χ2n) is 4.87. The Balaban J connectivity index is 1.85. The molecule has 0 aliphatic carbocycles. The number of piperidine rings is 1. The van der Waals surface area contributed by atoms with Gasteiger partial charge in [-0.2, -0.15) is 0 Å². The summed E-state index contributed by atoms with van der Waals surface area (Å²) in [6.45, 7) is 1.80. The van der Waals surface area contributed by atoms with Crippen LogP contribution < -0.4 is 5.32 Å². The predicted octanol–water partition coefficient (Wildman–Crippen LogP) is 1.81. The summed E-state index contributed by atoms with van der Waals surface area (Å²) >= 11 is 0. The molecule has 1 aliphatic heterocycles. The van der Waals surface area contributed by atoms with E-state index >= 15 is 0 Å². The lowest BCUT2D eigenvalue weighted by molar-refractivity contribution is -0.134. The Morgan fingerprint density at radius 1 is 1.56 bits per heavy atom. The number of amides is 1. The predicted molar refractivity (Wildman–Crippen MR) is 70.3 cm³/mol. The number of carbonyl (C=O) groups is 1. The highest BCUT2D eigenvalue weighted by molar-refractivity contribution is 5.76. The number of rotatable bonds is 5. The van der Waals surface area contributed by atoms with E-state index in [9.17, 15) is 4.79 Å². The minimum atomic E-state index is 0.256. The fourth-order valence-corrected chi connectivity index (χ4v) is 2.61. The van der Waals surface area contributed by atoms with Crippen molar-refractivity contribution in [3.63, 3.8) is 0 Å². The minimum Gasteiger partial charge on any atom is -0.469 e. The summed E-state index contributed by atoms with van der Waals surface area (Å²) in [6.07, 6.45) is 6.39. The van der Waals surface area contributed by atoms with Gasteiger partial charge in [0.05, 0.1) is 6.26 Å². The summed E-state index contributed by atoms with van der Waals surface area (Å²) in [6, 6.07) is 4.16. The van der Waals surface area contributed by atoms with Gasteiger partial charge < -0.3 is 14.6 Å². The van der Waals surface area contributed by atoms with E-state index < -0.39 is 0 Å². The first kappa shape index (κ1) is 13.1. The summed E-state index contributed by atoms with van der Waals surface area (Å²) in [5, 5.41) is 3.18. The molecule has 1 amide bonds. The quantitative estimate of drug-likeness (QED) is 0.867. The molecule has 0 aromatic carbocycles. The van der Waals surface area contributed by atoms with Crippen LogP contribution >= 0.6 is 0 Å². The van der Waals surface area contributed by atoms with Crippen molar-refractivity contribution >= 4 is 5.91 Å². The van der Waals surface area contributed by atoms with Gasteiger partial charge in [-0.05, 0) is 38.4 Å². The summed E-state index contributed by atoms with van der Waals surface area (Å²) < 4.78 is 5.26. The number of carbonyl (C=O) groups excluding carboxylic acids is 1. The van der Waals surface area contributed by atoms with Gasteiger partial charge in [0.2, 0.25) is 5.91 Å². The van der Waals surface area contributed by atoms with Crippen molar-refractivity contribution in [3.05, 3.63) is 24.2 Å². The number of aryl methyl sites for hydroxylation is 1. The van der Waals surface area contributed by atoms with Crippen LogP contribution in [0.25, 0.3) is 0 Å². The lowest BCUT2D eigenvalue weighted by atomic mass is 10.0. The lowest BCUT2D eigenvalue weighted by Gasteiger charge is -2.35. The van der Waals surface area contributed by atoms with E-state index in [2.05, 4.69) is 5.32 Å². The second-order valence-corrected chi connectivity index (χ2v) is 4.87. The molecule has 1 unspecified atom stereocenters. The van der Waals surface area contributed by atoms with Gasteiger partial charge in [-0.1, -0.05) is 0 Å². The Labute approximate surface area is 108 Å². The van der Waals surface area contributed by atoms with Gasteiger partial charge in [0.15, 0.2) is 0 Å². The molecule has 4 heteroatoms. The highest BCUT2D eigenvalue weighted by Crippen LogP contribution is 2.18. The van der Waals surface area contributed by atoms with Gasteiger partial charge in [-0.25, -0.2) is 0 Å². The van der Waals surface area contributed by atoms with E-state index in [1.807, 2.05) is 24.1 Å². The standard InChI is InChI=1S/C14H22N2O2/c1-15-11-12-5-2-3-9-16(12)14(17)8-7-13-6-4-10-18-13/h4,6,10,12,15H,2-3,5,7-9,11H2,1H3. The molecular formula is C14H22N2O2. The maximum atomic E-state index is 12.2. The maximum absolute atomic E-state index is 12.2. The maximum Gasteiger partial charge on any atom is 0.223 e. The van der Waals surface area contributed by atoms with Gasteiger partial charge in [0.25, 0.3) is 0 Å². The minimum absolute atomic E-state index is 0.256.